The lowest BCUT2D eigenvalue weighted by Gasteiger charge is -2.18. The number of pyridine rings is 1. The minimum absolute atomic E-state index is 0.187. The van der Waals surface area contributed by atoms with Crippen molar-refractivity contribution in [3.05, 3.63) is 22.3 Å². The first kappa shape index (κ1) is 17.8. The number of aliphatic hydroxyl groups is 1. The van der Waals surface area contributed by atoms with E-state index in [2.05, 4.69) is 15.6 Å². The first-order chi connectivity index (χ1) is 9.90. The van der Waals surface area contributed by atoms with Gasteiger partial charge in [0.1, 0.15) is 5.82 Å². The molecule has 0 fully saturated rings. The number of nitrogens with zero attached hydrogens (tertiary/aromatic N) is 2. The molecule has 1 atom stereocenters. The van der Waals surface area contributed by atoms with Gasteiger partial charge in [-0.05, 0) is 19.4 Å². The lowest BCUT2D eigenvalue weighted by molar-refractivity contribution is 0.163. The third kappa shape index (κ3) is 6.84. The molecule has 0 saturated carbocycles. The number of anilines is 1. The van der Waals surface area contributed by atoms with Gasteiger partial charge >= 0.3 is 6.03 Å². The van der Waals surface area contributed by atoms with Crippen LogP contribution in [-0.4, -0.2) is 53.8 Å². The molecule has 1 heterocycles. The van der Waals surface area contributed by atoms with E-state index in [1.807, 2.05) is 0 Å². The molecule has 0 radical (unpaired) electrons. The molecule has 0 bridgehead atoms. The number of hydrogen-bond acceptors (Lipinski definition) is 4. The fraction of sp³-hybridized carbons (Fsp3) is 0.538. The Hall–Kier alpha value is -1.24. The van der Waals surface area contributed by atoms with Crippen molar-refractivity contribution >= 4 is 35.1 Å². The summed E-state index contributed by atoms with van der Waals surface area (Å²) >= 11 is 11.7. The summed E-state index contributed by atoms with van der Waals surface area (Å²) in [7, 11) is 1.68. The van der Waals surface area contributed by atoms with Crippen LogP contribution in [0.4, 0.5) is 10.6 Å². The largest absolute Gasteiger partial charge is 0.393 e. The van der Waals surface area contributed by atoms with E-state index in [1.165, 1.54) is 11.1 Å². The molecule has 8 heteroatoms. The van der Waals surface area contributed by atoms with Gasteiger partial charge in [-0.3, -0.25) is 0 Å². The standard InChI is InChI=1S/C13H20Cl2N4O2/c1-9(20)3-6-19(2)13(21)17-5-4-16-12-11(15)7-10(14)8-18-12/h7-9,20H,3-6H2,1-2H3,(H,16,18)(H,17,21). The van der Waals surface area contributed by atoms with Crippen LogP contribution in [-0.2, 0) is 0 Å². The topological polar surface area (TPSA) is 77.5 Å². The molecule has 21 heavy (non-hydrogen) atoms. The Kier molecular flexibility index (Phi) is 7.56. The van der Waals surface area contributed by atoms with Gasteiger partial charge in [-0.1, -0.05) is 23.2 Å². The van der Waals surface area contributed by atoms with Gasteiger partial charge in [0, 0.05) is 32.9 Å². The second-order valence-corrected chi connectivity index (χ2v) is 5.55. The van der Waals surface area contributed by atoms with Crippen molar-refractivity contribution in [2.24, 2.45) is 0 Å². The summed E-state index contributed by atoms with van der Waals surface area (Å²) in [4.78, 5) is 17.3. The van der Waals surface area contributed by atoms with Crippen LogP contribution in [0.25, 0.3) is 0 Å². The van der Waals surface area contributed by atoms with Crippen LogP contribution in [0.2, 0.25) is 10.0 Å². The van der Waals surface area contributed by atoms with Crippen LogP contribution in [0.1, 0.15) is 13.3 Å². The van der Waals surface area contributed by atoms with Crippen LogP contribution < -0.4 is 10.6 Å². The van der Waals surface area contributed by atoms with Crippen molar-refractivity contribution in [1.29, 1.82) is 0 Å². The average Bonchev–Trinajstić information content (AvgIpc) is 2.42. The van der Waals surface area contributed by atoms with Crippen LogP contribution in [0.5, 0.6) is 0 Å². The summed E-state index contributed by atoms with van der Waals surface area (Å²) in [5.74, 6) is 0.526. The highest BCUT2D eigenvalue weighted by molar-refractivity contribution is 6.35. The number of aliphatic hydroxyl groups excluding tert-OH is 1. The monoisotopic (exact) mass is 334 g/mol. The zero-order valence-corrected chi connectivity index (χ0v) is 13.6. The maximum Gasteiger partial charge on any atom is 0.317 e. The molecule has 6 nitrogen and oxygen atoms in total. The molecule has 0 spiro atoms. The SMILES string of the molecule is CC(O)CCN(C)C(=O)NCCNc1ncc(Cl)cc1Cl. The molecule has 0 aromatic carbocycles. The van der Waals surface area contributed by atoms with Crippen LogP contribution in [0.15, 0.2) is 12.3 Å². The van der Waals surface area contributed by atoms with Gasteiger partial charge in [-0.25, -0.2) is 9.78 Å². The summed E-state index contributed by atoms with van der Waals surface area (Å²) in [5, 5.41) is 15.8. The van der Waals surface area contributed by atoms with Crippen molar-refractivity contribution < 1.29 is 9.90 Å². The molecule has 118 valence electrons. The molecule has 1 aromatic heterocycles. The maximum atomic E-state index is 11.7. The molecular weight excluding hydrogens is 315 g/mol. The van der Waals surface area contributed by atoms with E-state index in [9.17, 15) is 9.90 Å². The van der Waals surface area contributed by atoms with Crippen molar-refractivity contribution in [3.8, 4) is 0 Å². The smallest absolute Gasteiger partial charge is 0.317 e. The minimum Gasteiger partial charge on any atom is -0.393 e. The van der Waals surface area contributed by atoms with E-state index >= 15 is 0 Å². The second-order valence-electron chi connectivity index (χ2n) is 4.70. The number of rotatable bonds is 7. The Morgan fingerprint density at radius 3 is 2.81 bits per heavy atom. The highest BCUT2D eigenvalue weighted by Gasteiger charge is 2.08. The molecule has 0 aliphatic carbocycles. The lowest BCUT2D eigenvalue weighted by Crippen LogP contribution is -2.40. The van der Waals surface area contributed by atoms with Crippen LogP contribution in [0, 0.1) is 0 Å². The molecule has 0 aliphatic heterocycles. The lowest BCUT2D eigenvalue weighted by atomic mass is 10.3. The first-order valence-electron chi connectivity index (χ1n) is 6.62. The van der Waals surface area contributed by atoms with Crippen molar-refractivity contribution in [3.63, 3.8) is 0 Å². The fourth-order valence-corrected chi connectivity index (χ4v) is 1.96. The molecule has 1 rings (SSSR count). The average molecular weight is 335 g/mol. The highest BCUT2D eigenvalue weighted by atomic mass is 35.5. The van der Waals surface area contributed by atoms with Gasteiger partial charge in [-0.15, -0.1) is 0 Å². The Labute approximate surface area is 134 Å². The second kappa shape index (κ2) is 8.92. The molecule has 0 aliphatic rings. The summed E-state index contributed by atoms with van der Waals surface area (Å²) in [6, 6.07) is 1.41. The minimum atomic E-state index is -0.417. The quantitative estimate of drug-likeness (QED) is 0.668. The summed E-state index contributed by atoms with van der Waals surface area (Å²) in [6.45, 7) is 3.11. The van der Waals surface area contributed by atoms with Crippen LogP contribution in [0.3, 0.4) is 0 Å². The van der Waals surface area contributed by atoms with Gasteiger partial charge < -0.3 is 20.6 Å². The number of amides is 2. The third-order valence-electron chi connectivity index (χ3n) is 2.73. The molecular formula is C13H20Cl2N4O2. The highest BCUT2D eigenvalue weighted by Crippen LogP contribution is 2.21. The van der Waals surface area contributed by atoms with Gasteiger partial charge in [0.25, 0.3) is 0 Å². The number of halogens is 2. The van der Waals surface area contributed by atoms with Crippen LogP contribution >= 0.6 is 23.2 Å². The number of aromatic nitrogens is 1. The van der Waals surface area contributed by atoms with E-state index in [0.29, 0.717) is 41.9 Å². The van der Waals surface area contributed by atoms with E-state index in [0.717, 1.165) is 0 Å². The summed E-state index contributed by atoms with van der Waals surface area (Å²) in [6.07, 6.45) is 1.63. The number of carbonyl (C=O) groups excluding carboxylic acids is 1. The number of hydrogen-bond donors (Lipinski definition) is 3. The maximum absolute atomic E-state index is 11.7. The molecule has 0 saturated heterocycles. The zero-order valence-electron chi connectivity index (χ0n) is 12.1. The Bertz CT molecular complexity index is 471. The molecule has 1 unspecified atom stereocenters. The Balaban J connectivity index is 2.25. The van der Waals surface area contributed by atoms with E-state index in [-0.39, 0.29) is 6.03 Å². The van der Waals surface area contributed by atoms with Crippen molar-refractivity contribution in [2.45, 2.75) is 19.4 Å². The van der Waals surface area contributed by atoms with Gasteiger partial charge in [0.15, 0.2) is 0 Å². The predicted molar refractivity (Wildman–Crippen MR) is 85.1 cm³/mol. The third-order valence-corrected chi connectivity index (χ3v) is 3.23. The number of nitrogens with one attached hydrogen (secondary N) is 2. The fourth-order valence-electron chi connectivity index (χ4n) is 1.51. The molecule has 2 amide bonds. The number of urea groups is 1. The summed E-state index contributed by atoms with van der Waals surface area (Å²) in [5.41, 5.74) is 0. The summed E-state index contributed by atoms with van der Waals surface area (Å²) < 4.78 is 0. The first-order valence-corrected chi connectivity index (χ1v) is 7.37. The Morgan fingerprint density at radius 2 is 2.19 bits per heavy atom. The Morgan fingerprint density at radius 1 is 1.48 bits per heavy atom. The van der Waals surface area contributed by atoms with E-state index < -0.39 is 6.10 Å². The zero-order chi connectivity index (χ0) is 15.8. The van der Waals surface area contributed by atoms with Gasteiger partial charge in [0.2, 0.25) is 0 Å². The molecule has 3 N–H and O–H groups in total. The van der Waals surface area contributed by atoms with Gasteiger partial charge in [0.05, 0.1) is 16.1 Å². The van der Waals surface area contributed by atoms with E-state index in [4.69, 9.17) is 23.2 Å². The van der Waals surface area contributed by atoms with E-state index in [1.54, 1.807) is 20.0 Å². The van der Waals surface area contributed by atoms with Crippen molar-refractivity contribution in [1.82, 2.24) is 15.2 Å². The van der Waals surface area contributed by atoms with Gasteiger partial charge in [-0.2, -0.15) is 0 Å². The normalized spacial score (nSPS) is 11.9. The number of carbonyl (C=O) groups is 1. The predicted octanol–water partition coefficient (Wildman–Crippen LogP) is 2.21. The van der Waals surface area contributed by atoms with Crippen molar-refractivity contribution in [2.75, 3.05) is 32.0 Å². The molecule has 1 aromatic rings.